The Hall–Kier alpha value is -5.16. The molecule has 0 unspecified atom stereocenters. The van der Waals surface area contributed by atoms with Gasteiger partial charge in [0.15, 0.2) is 12.4 Å². The smallest absolute Gasteiger partial charge is 0.312 e. The number of Topliss-reactive ketones (excluding diaryl/α,β-unsaturated/α-hetero) is 1. The minimum Gasteiger partial charge on any atom is -0.507 e. The minimum absolute atomic E-state index is 0.0558. The lowest BCUT2D eigenvalue weighted by molar-refractivity contribution is -0.160. The zero-order chi connectivity index (χ0) is 48.5. The molecule has 0 saturated carbocycles. The molecule has 3 heterocycles. The summed E-state index contributed by atoms with van der Waals surface area (Å²) in [5.74, 6) is -8.05. The molecule has 0 aromatic heterocycles. The molecule has 3 aliphatic rings. The molecule has 16 nitrogen and oxygen atoms in total. The number of nitrogens with one attached hydrogen (secondary N) is 1. The standard InChI is InChI=1S/C49H71N3O13/c1-13-16-22-51(23-17-14-2)52(15-3)37(54)26-62-36-25-34-44(58)39-38(36)40-46(32(9)43(39)57)65-49(11,47(40)59)63-24-21-35(61-12)29(6)45(64-33(10)53)31(8)42(56)30(7)41(55)27(4)19-18-20-28(5)48(60)50-34/h18-21,24-25,27,29-31,35,41-42,45,55-58H,13-17,22-23,26H2,1-12H3,(H,50,60)/b19-18+,24-21+,28-20-/t27-,29-,30-,31-,35+,41-,42+,45-,49+/m1/s1. The number of rotatable bonds is 13. The molecular weight excluding hydrogens is 839 g/mol. The van der Waals surface area contributed by atoms with Gasteiger partial charge in [-0.3, -0.25) is 24.2 Å². The lowest BCUT2D eigenvalue weighted by Crippen LogP contribution is -2.49. The normalized spacial score (nSPS) is 28.3. The highest BCUT2D eigenvalue weighted by Crippen LogP contribution is 2.54. The van der Waals surface area contributed by atoms with E-state index >= 15 is 0 Å². The van der Waals surface area contributed by atoms with Crippen molar-refractivity contribution in [2.24, 2.45) is 23.7 Å². The summed E-state index contributed by atoms with van der Waals surface area (Å²) in [7, 11) is 1.44. The summed E-state index contributed by atoms with van der Waals surface area (Å²) in [6.45, 7) is 19.8. The summed E-state index contributed by atoms with van der Waals surface area (Å²) < 4.78 is 30.1. The molecule has 0 aliphatic carbocycles. The van der Waals surface area contributed by atoms with Gasteiger partial charge in [-0.05, 0) is 39.7 Å². The zero-order valence-electron chi connectivity index (χ0n) is 40.1. The van der Waals surface area contributed by atoms with Gasteiger partial charge < -0.3 is 49.4 Å². The number of ether oxygens (including phenoxy) is 5. The van der Waals surface area contributed by atoms with Crippen molar-refractivity contribution >= 4 is 40.0 Å². The van der Waals surface area contributed by atoms with Crippen molar-refractivity contribution in [3.63, 3.8) is 0 Å². The van der Waals surface area contributed by atoms with Gasteiger partial charge in [-0.2, -0.15) is 0 Å². The second kappa shape index (κ2) is 22.8. The average Bonchev–Trinajstić information content (AvgIpc) is 3.54. The largest absolute Gasteiger partial charge is 0.507 e. The molecule has 0 fully saturated rings. The Kier molecular flexibility index (Phi) is 18.4. The van der Waals surface area contributed by atoms with Gasteiger partial charge in [0.2, 0.25) is 0 Å². The summed E-state index contributed by atoms with van der Waals surface area (Å²) in [5.41, 5.74) is -0.00224. The summed E-state index contributed by atoms with van der Waals surface area (Å²) in [6.07, 6.45) is 7.23. The number of esters is 1. The number of hydrazine groups is 1. The Balaban J connectivity index is 1.92. The van der Waals surface area contributed by atoms with Crippen molar-refractivity contribution in [1.29, 1.82) is 0 Å². The first-order valence-corrected chi connectivity index (χ1v) is 22.7. The van der Waals surface area contributed by atoms with E-state index in [-0.39, 0.29) is 50.6 Å². The quantitative estimate of drug-likeness (QED) is 0.0771. The number of unbranched alkanes of at least 4 members (excludes halogenated alkanes) is 2. The fraction of sp³-hybridized carbons (Fsp3) is 0.592. The molecule has 5 bridgehead atoms. The molecule has 9 atom stereocenters. The number of phenolic OH excluding ortho intramolecular Hbond substituents is 2. The molecule has 0 radical (unpaired) electrons. The highest BCUT2D eigenvalue weighted by atomic mass is 16.7. The number of amides is 2. The van der Waals surface area contributed by atoms with Crippen molar-refractivity contribution < 1.29 is 63.3 Å². The number of ketones is 1. The van der Waals surface area contributed by atoms with E-state index in [0.717, 1.165) is 25.7 Å². The molecule has 5 N–H and O–H groups in total. The lowest BCUT2D eigenvalue weighted by atomic mass is 9.78. The van der Waals surface area contributed by atoms with Gasteiger partial charge >= 0.3 is 11.8 Å². The molecule has 5 rings (SSSR count). The molecule has 2 amide bonds. The van der Waals surface area contributed by atoms with Gasteiger partial charge in [0.25, 0.3) is 17.6 Å². The molecule has 16 heteroatoms. The summed E-state index contributed by atoms with van der Waals surface area (Å²) >= 11 is 0. The molecule has 3 aliphatic heterocycles. The van der Waals surface area contributed by atoms with E-state index in [4.69, 9.17) is 23.7 Å². The van der Waals surface area contributed by atoms with Crippen LogP contribution >= 0.6 is 0 Å². The van der Waals surface area contributed by atoms with Gasteiger partial charge in [0.05, 0.1) is 41.2 Å². The number of anilines is 1. The van der Waals surface area contributed by atoms with Crippen LogP contribution in [0, 0.1) is 30.6 Å². The van der Waals surface area contributed by atoms with Crippen LogP contribution < -0.4 is 14.8 Å². The van der Waals surface area contributed by atoms with Crippen LogP contribution in [0.25, 0.3) is 10.8 Å². The number of aliphatic hydroxyl groups is 2. The number of carbonyl (C=O) groups excluding carboxylic acids is 4. The number of aromatic hydroxyl groups is 2. The fourth-order valence-electron chi connectivity index (χ4n) is 8.53. The molecule has 0 spiro atoms. The molecule has 2 aromatic carbocycles. The summed E-state index contributed by atoms with van der Waals surface area (Å²) in [6, 6.07) is 1.29. The Morgan fingerprint density at radius 1 is 0.908 bits per heavy atom. The van der Waals surface area contributed by atoms with E-state index in [0.29, 0.717) is 19.6 Å². The minimum atomic E-state index is -2.04. The van der Waals surface area contributed by atoms with Crippen LogP contribution in [-0.2, 0) is 28.6 Å². The SMILES string of the molecule is CCCCN(CCCC)N(CC)C(=O)COc1cc2c(O)c3c(O)c(C)c4c(c13)C(=O)[C@@](C)(O/C=C/[C@H](OC)[C@@H](C)[C@@H](OC(C)=O)[C@H](C)[C@@H](O)[C@H](C)[C@H](O)[C@H](C)/C=C/C=C(/C)C(=O)N2)O4. The van der Waals surface area contributed by atoms with Crippen molar-refractivity contribution in [3.05, 3.63) is 53.3 Å². The number of aliphatic hydroxyl groups excluding tert-OH is 2. The summed E-state index contributed by atoms with van der Waals surface area (Å²) in [5, 5.41) is 52.6. The third kappa shape index (κ3) is 11.6. The number of likely N-dealkylation sites (N-methyl/N-ethyl adjacent to an activating group) is 1. The number of fused-ring (bicyclic) bond motifs is 14. The average molecular weight is 910 g/mol. The van der Waals surface area contributed by atoms with E-state index in [1.54, 1.807) is 51.8 Å². The first-order valence-electron chi connectivity index (χ1n) is 22.7. The van der Waals surface area contributed by atoms with E-state index in [9.17, 15) is 39.6 Å². The predicted octanol–water partition coefficient (Wildman–Crippen LogP) is 7.09. The number of methoxy groups -OCH3 is 1. The molecule has 2 aromatic rings. The van der Waals surface area contributed by atoms with Crippen molar-refractivity contribution in [1.82, 2.24) is 10.0 Å². The van der Waals surface area contributed by atoms with Crippen LogP contribution in [0.2, 0.25) is 0 Å². The number of hydrogen-bond acceptors (Lipinski definition) is 14. The van der Waals surface area contributed by atoms with Gasteiger partial charge in [-0.25, -0.2) is 5.01 Å². The number of nitrogens with zero attached hydrogens (tertiary/aromatic N) is 2. The molecular formula is C49H71N3O13. The first kappa shape index (κ1) is 52.5. The van der Waals surface area contributed by atoms with E-state index in [2.05, 4.69) is 19.2 Å². The van der Waals surface area contributed by atoms with Gasteiger partial charge in [-0.1, -0.05) is 72.6 Å². The first-order chi connectivity index (χ1) is 30.7. The van der Waals surface area contributed by atoms with Crippen LogP contribution in [0.3, 0.4) is 0 Å². The van der Waals surface area contributed by atoms with Crippen LogP contribution in [0.1, 0.15) is 111 Å². The second-order valence-corrected chi connectivity index (χ2v) is 17.5. The van der Waals surface area contributed by atoms with E-state index < -0.39 is 89.6 Å². The van der Waals surface area contributed by atoms with Crippen LogP contribution in [-0.4, -0.2) is 118 Å². The Morgan fingerprint density at radius 2 is 1.55 bits per heavy atom. The van der Waals surface area contributed by atoms with Crippen molar-refractivity contribution in [2.75, 3.05) is 38.7 Å². The van der Waals surface area contributed by atoms with Gasteiger partial charge in [0, 0.05) is 86.9 Å². The van der Waals surface area contributed by atoms with Crippen LogP contribution in [0.5, 0.6) is 23.0 Å². The van der Waals surface area contributed by atoms with Crippen molar-refractivity contribution in [3.8, 4) is 23.0 Å². The fourth-order valence-corrected chi connectivity index (χ4v) is 8.53. The molecule has 360 valence electrons. The predicted molar refractivity (Wildman–Crippen MR) is 246 cm³/mol. The van der Waals surface area contributed by atoms with Gasteiger partial charge in [0.1, 0.15) is 23.4 Å². The number of carbonyl (C=O) groups is 4. The third-order valence-electron chi connectivity index (χ3n) is 12.6. The topological polar surface area (TPSA) is 214 Å². The van der Waals surface area contributed by atoms with Gasteiger partial charge in [-0.15, -0.1) is 0 Å². The molecule has 65 heavy (non-hydrogen) atoms. The highest BCUT2D eigenvalue weighted by Gasteiger charge is 2.50. The Labute approximate surface area is 383 Å². The lowest BCUT2D eigenvalue weighted by Gasteiger charge is -2.38. The second-order valence-electron chi connectivity index (χ2n) is 17.5. The van der Waals surface area contributed by atoms with Crippen LogP contribution in [0.15, 0.2) is 42.2 Å². The maximum atomic E-state index is 14.7. The number of phenols is 2. The Bertz CT molecular complexity index is 2130. The zero-order valence-corrected chi connectivity index (χ0v) is 40.1. The maximum Gasteiger partial charge on any atom is 0.312 e. The maximum absolute atomic E-state index is 14.7. The Morgan fingerprint density at radius 3 is 2.14 bits per heavy atom. The van der Waals surface area contributed by atoms with E-state index in [1.165, 1.54) is 52.4 Å². The number of allylic oxidation sites excluding steroid dienone is 2. The van der Waals surface area contributed by atoms with Crippen molar-refractivity contribution in [2.45, 2.75) is 132 Å². The van der Waals surface area contributed by atoms with Crippen LogP contribution in [0.4, 0.5) is 5.69 Å². The number of hydrogen-bond donors (Lipinski definition) is 5. The molecule has 0 saturated heterocycles. The number of benzene rings is 2. The third-order valence-corrected chi connectivity index (χ3v) is 12.6. The monoisotopic (exact) mass is 909 g/mol. The summed E-state index contributed by atoms with van der Waals surface area (Å²) in [4.78, 5) is 54.8. The van der Waals surface area contributed by atoms with E-state index in [1.807, 2.05) is 11.9 Å². The highest BCUT2D eigenvalue weighted by molar-refractivity contribution is 6.21.